The molecule has 11 heteroatoms. The number of aromatic nitrogens is 3. The number of amides is 1. The number of rotatable bonds is 12. The van der Waals surface area contributed by atoms with Crippen molar-refractivity contribution in [1.29, 1.82) is 0 Å². The van der Waals surface area contributed by atoms with E-state index >= 15 is 0 Å². The van der Waals surface area contributed by atoms with Crippen LogP contribution in [0.1, 0.15) is 42.9 Å². The van der Waals surface area contributed by atoms with Crippen LogP contribution >= 0.6 is 11.8 Å². The second-order valence-electron chi connectivity index (χ2n) is 7.62. The summed E-state index contributed by atoms with van der Waals surface area (Å²) in [4.78, 5) is 24.6. The molecule has 0 aliphatic heterocycles. The molecule has 0 aliphatic carbocycles. The molecule has 1 aromatic heterocycles. The lowest BCUT2D eigenvalue weighted by Gasteiger charge is -2.09. The Balaban J connectivity index is 1.56. The topological polar surface area (TPSA) is 120 Å². The van der Waals surface area contributed by atoms with E-state index < -0.39 is 15.8 Å². The maximum Gasteiger partial charge on any atom is 0.338 e. The van der Waals surface area contributed by atoms with Crippen LogP contribution in [-0.2, 0) is 31.7 Å². The van der Waals surface area contributed by atoms with Gasteiger partial charge in [0.2, 0.25) is 5.91 Å². The zero-order chi connectivity index (χ0) is 25.3. The van der Waals surface area contributed by atoms with Crippen LogP contribution in [-0.4, -0.2) is 47.4 Å². The van der Waals surface area contributed by atoms with Gasteiger partial charge in [0.25, 0.3) is 0 Å². The summed E-state index contributed by atoms with van der Waals surface area (Å²) in [6, 6.07) is 14.7. The van der Waals surface area contributed by atoms with Gasteiger partial charge in [0.1, 0.15) is 11.6 Å². The Morgan fingerprint density at radius 2 is 1.74 bits per heavy atom. The van der Waals surface area contributed by atoms with Gasteiger partial charge in [-0.3, -0.25) is 4.79 Å². The van der Waals surface area contributed by atoms with Gasteiger partial charge in [-0.15, -0.1) is 10.2 Å². The number of nitrogens with one attached hydrogen (secondary N) is 1. The zero-order valence-electron chi connectivity index (χ0n) is 19.6. The lowest BCUT2D eigenvalue weighted by atomic mass is 10.2. The van der Waals surface area contributed by atoms with Crippen molar-refractivity contribution in [2.24, 2.45) is 0 Å². The summed E-state index contributed by atoms with van der Waals surface area (Å²) >= 11 is 1.17. The fourth-order valence-electron chi connectivity index (χ4n) is 3.14. The number of hydrogen-bond donors (Lipinski definition) is 1. The van der Waals surface area contributed by atoms with Gasteiger partial charge in [0.15, 0.2) is 15.0 Å². The van der Waals surface area contributed by atoms with Crippen molar-refractivity contribution in [1.82, 2.24) is 14.8 Å². The second kappa shape index (κ2) is 12.5. The second-order valence-corrected chi connectivity index (χ2v) is 10.6. The van der Waals surface area contributed by atoms with E-state index in [0.717, 1.165) is 12.8 Å². The van der Waals surface area contributed by atoms with Crippen LogP contribution < -0.4 is 5.32 Å². The molecule has 0 unspecified atom stereocenters. The predicted molar refractivity (Wildman–Crippen MR) is 134 cm³/mol. The fraction of sp³-hybridized carbons (Fsp3) is 0.333. The first-order valence-corrected chi connectivity index (χ1v) is 13.9. The Morgan fingerprint density at radius 3 is 2.40 bits per heavy atom. The Bertz CT molecular complexity index is 1240. The number of hydrogen-bond acceptors (Lipinski definition) is 8. The minimum Gasteiger partial charge on any atom is -0.462 e. The fourth-order valence-corrected chi connectivity index (χ4v) is 5.25. The molecule has 1 heterocycles. The molecule has 2 aromatic carbocycles. The summed E-state index contributed by atoms with van der Waals surface area (Å²) < 4.78 is 32.3. The largest absolute Gasteiger partial charge is 0.462 e. The summed E-state index contributed by atoms with van der Waals surface area (Å²) in [6.45, 7) is 4.73. The molecule has 0 radical (unpaired) electrons. The number of esters is 1. The van der Waals surface area contributed by atoms with E-state index in [1.807, 2.05) is 13.8 Å². The molecule has 3 rings (SSSR count). The van der Waals surface area contributed by atoms with E-state index in [1.54, 1.807) is 59.2 Å². The van der Waals surface area contributed by atoms with Gasteiger partial charge in [-0.2, -0.15) is 0 Å². The summed E-state index contributed by atoms with van der Waals surface area (Å²) in [5.41, 5.74) is 0.967. The maximum atomic E-state index is 12.7. The van der Waals surface area contributed by atoms with Crippen molar-refractivity contribution in [3.63, 3.8) is 0 Å². The van der Waals surface area contributed by atoms with E-state index in [9.17, 15) is 18.0 Å². The minimum atomic E-state index is -3.57. The molecule has 0 atom stereocenters. The Morgan fingerprint density at radius 1 is 1.03 bits per heavy atom. The summed E-state index contributed by atoms with van der Waals surface area (Å²) in [6.07, 6.45) is 1.76. The number of unbranched alkanes of at least 4 members (excludes halogenated alkanes) is 1. The van der Waals surface area contributed by atoms with Crippen LogP contribution in [0.15, 0.2) is 64.6 Å². The van der Waals surface area contributed by atoms with Gasteiger partial charge in [0, 0.05) is 12.2 Å². The maximum absolute atomic E-state index is 12.7. The van der Waals surface area contributed by atoms with Crippen LogP contribution in [0.3, 0.4) is 0 Å². The van der Waals surface area contributed by atoms with Gasteiger partial charge in [-0.25, -0.2) is 13.2 Å². The van der Waals surface area contributed by atoms with Crippen LogP contribution in [0.25, 0.3) is 0 Å². The van der Waals surface area contributed by atoms with Gasteiger partial charge < -0.3 is 14.6 Å². The highest BCUT2D eigenvalue weighted by Gasteiger charge is 2.21. The molecule has 35 heavy (non-hydrogen) atoms. The first-order valence-electron chi connectivity index (χ1n) is 11.2. The molecule has 1 N–H and O–H groups in total. The highest BCUT2D eigenvalue weighted by atomic mass is 32.2. The quantitative estimate of drug-likeness (QED) is 0.218. The number of nitrogens with zero attached hydrogens (tertiary/aromatic N) is 3. The first kappa shape index (κ1) is 26.4. The van der Waals surface area contributed by atoms with Crippen molar-refractivity contribution < 1.29 is 22.7 Å². The number of thioether (sulfide) groups is 1. The van der Waals surface area contributed by atoms with Crippen molar-refractivity contribution >= 4 is 39.2 Å². The number of sulfone groups is 1. The highest BCUT2D eigenvalue weighted by Crippen LogP contribution is 2.21. The van der Waals surface area contributed by atoms with Crippen molar-refractivity contribution in [3.8, 4) is 0 Å². The normalized spacial score (nSPS) is 11.3. The van der Waals surface area contributed by atoms with Gasteiger partial charge in [-0.1, -0.05) is 43.3 Å². The summed E-state index contributed by atoms with van der Waals surface area (Å²) in [7, 11) is -3.57. The van der Waals surface area contributed by atoms with Gasteiger partial charge in [0.05, 0.1) is 22.8 Å². The lowest BCUT2D eigenvalue weighted by Crippen LogP contribution is -2.15. The average molecular weight is 517 g/mol. The number of anilines is 1. The molecule has 0 fully saturated rings. The van der Waals surface area contributed by atoms with E-state index in [0.29, 0.717) is 35.4 Å². The van der Waals surface area contributed by atoms with E-state index in [-0.39, 0.29) is 22.3 Å². The molecule has 3 aromatic rings. The van der Waals surface area contributed by atoms with E-state index in [1.165, 1.54) is 11.8 Å². The summed E-state index contributed by atoms with van der Waals surface area (Å²) in [5, 5.41) is 11.4. The molecule has 1 amide bonds. The van der Waals surface area contributed by atoms with Crippen LogP contribution in [0, 0.1) is 0 Å². The first-order chi connectivity index (χ1) is 16.8. The molecule has 0 aliphatic rings. The number of carbonyl (C=O) groups excluding carboxylic acids is 2. The minimum absolute atomic E-state index is 0.0599. The van der Waals surface area contributed by atoms with Gasteiger partial charge >= 0.3 is 5.97 Å². The third-order valence-electron chi connectivity index (χ3n) is 5.00. The molecular weight excluding hydrogens is 488 g/mol. The molecule has 0 saturated carbocycles. The molecular formula is C24H28N4O5S2. The lowest BCUT2D eigenvalue weighted by molar-refractivity contribution is -0.113. The predicted octanol–water partition coefficient (Wildman–Crippen LogP) is 3.96. The van der Waals surface area contributed by atoms with Crippen molar-refractivity contribution in [2.45, 2.75) is 49.0 Å². The van der Waals surface area contributed by atoms with E-state index in [2.05, 4.69) is 15.5 Å². The third-order valence-corrected chi connectivity index (χ3v) is 7.59. The average Bonchev–Trinajstić information content (AvgIpc) is 3.24. The SMILES string of the molecule is CCCCOC(=O)c1ccc(NC(=O)CSc2nnc(CS(=O)(=O)c3ccccc3)n2CC)cc1. The smallest absolute Gasteiger partial charge is 0.338 e. The van der Waals surface area contributed by atoms with Crippen molar-refractivity contribution in [2.75, 3.05) is 17.7 Å². The van der Waals surface area contributed by atoms with Crippen LogP contribution in [0.5, 0.6) is 0 Å². The monoisotopic (exact) mass is 516 g/mol. The summed E-state index contributed by atoms with van der Waals surface area (Å²) in [5.74, 6) is -0.559. The Labute approximate surface area is 209 Å². The molecule has 186 valence electrons. The Kier molecular flexibility index (Phi) is 9.44. The third kappa shape index (κ3) is 7.40. The number of carbonyl (C=O) groups is 2. The van der Waals surface area contributed by atoms with Crippen LogP contribution in [0.4, 0.5) is 5.69 Å². The molecule has 0 bridgehead atoms. The Hall–Kier alpha value is -3.18. The van der Waals surface area contributed by atoms with E-state index in [4.69, 9.17) is 4.74 Å². The zero-order valence-corrected chi connectivity index (χ0v) is 21.3. The van der Waals surface area contributed by atoms with Crippen molar-refractivity contribution in [3.05, 3.63) is 66.0 Å². The number of ether oxygens (including phenoxy) is 1. The molecule has 0 saturated heterocycles. The molecule has 9 nitrogen and oxygen atoms in total. The van der Waals surface area contributed by atoms with Gasteiger partial charge in [-0.05, 0) is 49.7 Å². The molecule has 0 spiro atoms. The van der Waals surface area contributed by atoms with Crippen LogP contribution in [0.2, 0.25) is 0 Å². The highest BCUT2D eigenvalue weighted by molar-refractivity contribution is 7.99. The number of benzene rings is 2. The standard InChI is InChI=1S/C24H28N4O5S2/c1-3-5-15-33-23(30)18-11-13-19(14-12-18)25-22(29)16-34-24-27-26-21(28(24)4-2)17-35(31,32)20-9-7-6-8-10-20/h6-14H,3-5,15-17H2,1-2H3,(H,25,29).